The first-order valence-electron chi connectivity index (χ1n) is 5.39. The summed E-state index contributed by atoms with van der Waals surface area (Å²) >= 11 is 4.60. The highest BCUT2D eigenvalue weighted by molar-refractivity contribution is 9.09. The van der Waals surface area contributed by atoms with Crippen LogP contribution >= 0.6 is 27.3 Å². The molecule has 1 rings (SSSR count). The molecule has 0 saturated heterocycles. The van der Waals surface area contributed by atoms with E-state index in [1.165, 1.54) is 11.3 Å². The molecule has 1 atom stereocenters. The van der Waals surface area contributed by atoms with Crippen LogP contribution in [0, 0.1) is 5.41 Å². The molecule has 0 aromatic carbocycles. The largest absolute Gasteiger partial charge is 0.250 e. The second-order valence-electron chi connectivity index (χ2n) is 4.95. The Bertz CT molecular complexity index is 435. The Hall–Kier alpha value is 0.0900. The van der Waals surface area contributed by atoms with Crippen molar-refractivity contribution in [2.45, 2.75) is 37.4 Å². The van der Waals surface area contributed by atoms with E-state index in [0.29, 0.717) is 4.21 Å². The van der Waals surface area contributed by atoms with E-state index in [2.05, 4.69) is 20.7 Å². The molecule has 0 radical (unpaired) electrons. The summed E-state index contributed by atoms with van der Waals surface area (Å²) in [7, 11) is -3.37. The van der Waals surface area contributed by atoms with E-state index in [0.717, 1.165) is 11.8 Å². The molecule has 0 bridgehead atoms. The fourth-order valence-corrected chi connectivity index (χ4v) is 4.38. The first kappa shape index (κ1) is 15.1. The lowest BCUT2D eigenvalue weighted by Crippen LogP contribution is -2.43. The lowest BCUT2D eigenvalue weighted by atomic mass is 9.86. The summed E-state index contributed by atoms with van der Waals surface area (Å²) in [5.41, 5.74) is -0.0991. The van der Waals surface area contributed by atoms with E-state index >= 15 is 0 Å². The lowest BCUT2D eigenvalue weighted by Gasteiger charge is -2.30. The van der Waals surface area contributed by atoms with Crippen LogP contribution in [-0.4, -0.2) is 19.8 Å². The van der Waals surface area contributed by atoms with Crippen molar-refractivity contribution in [3.63, 3.8) is 0 Å². The topological polar surface area (TPSA) is 46.2 Å². The number of hydrogen-bond acceptors (Lipinski definition) is 3. The fourth-order valence-electron chi connectivity index (χ4n) is 1.44. The van der Waals surface area contributed by atoms with Gasteiger partial charge in [0.1, 0.15) is 4.21 Å². The van der Waals surface area contributed by atoms with Crippen LogP contribution in [0.15, 0.2) is 21.7 Å². The van der Waals surface area contributed by atoms with E-state index in [4.69, 9.17) is 0 Å². The Morgan fingerprint density at radius 3 is 2.53 bits per heavy atom. The van der Waals surface area contributed by atoms with Crippen molar-refractivity contribution in [2.24, 2.45) is 5.41 Å². The zero-order valence-corrected chi connectivity index (χ0v) is 13.5. The maximum absolute atomic E-state index is 12.1. The maximum Gasteiger partial charge on any atom is 0.250 e. The highest BCUT2D eigenvalue weighted by Crippen LogP contribution is 2.25. The predicted molar refractivity (Wildman–Crippen MR) is 76.3 cm³/mol. The molecule has 1 heterocycles. The second kappa shape index (κ2) is 5.82. The minimum absolute atomic E-state index is 0.0750. The molecule has 1 aromatic rings. The highest BCUT2D eigenvalue weighted by Gasteiger charge is 2.29. The van der Waals surface area contributed by atoms with Crippen LogP contribution in [-0.2, 0) is 10.0 Å². The van der Waals surface area contributed by atoms with Crippen molar-refractivity contribution in [1.82, 2.24) is 4.72 Å². The van der Waals surface area contributed by atoms with Crippen molar-refractivity contribution >= 4 is 37.3 Å². The van der Waals surface area contributed by atoms with Crippen LogP contribution in [0.5, 0.6) is 0 Å². The molecule has 0 aliphatic rings. The van der Waals surface area contributed by atoms with Gasteiger partial charge in [0.2, 0.25) is 10.0 Å². The number of halogens is 1. The molecule has 98 valence electrons. The summed E-state index contributed by atoms with van der Waals surface area (Å²) in [6.45, 7) is 6.12. The van der Waals surface area contributed by atoms with Crippen LogP contribution in [0.25, 0.3) is 0 Å². The van der Waals surface area contributed by atoms with Crippen LogP contribution in [0.1, 0.15) is 27.2 Å². The lowest BCUT2D eigenvalue weighted by molar-refractivity contribution is 0.293. The molecule has 0 saturated carbocycles. The molecule has 6 heteroatoms. The Morgan fingerprint density at radius 1 is 1.47 bits per heavy atom. The predicted octanol–water partition coefficient (Wildman–Crippen LogP) is 3.23. The van der Waals surface area contributed by atoms with E-state index < -0.39 is 10.0 Å². The quantitative estimate of drug-likeness (QED) is 0.837. The monoisotopic (exact) mass is 339 g/mol. The number of sulfonamides is 1. The smallest absolute Gasteiger partial charge is 0.207 e. The summed E-state index contributed by atoms with van der Waals surface area (Å²) in [5.74, 6) is 0. The van der Waals surface area contributed by atoms with Crippen molar-refractivity contribution in [3.8, 4) is 0 Å². The Kier molecular flexibility index (Phi) is 5.19. The van der Waals surface area contributed by atoms with E-state index in [1.54, 1.807) is 17.5 Å². The molecule has 17 heavy (non-hydrogen) atoms. The minimum atomic E-state index is -3.37. The van der Waals surface area contributed by atoms with Crippen molar-refractivity contribution < 1.29 is 8.42 Å². The standard InChI is InChI=1S/C11H18BrNO2S2/c1-11(2,3)9(6-7-12)13-17(14,15)10-5-4-8-16-10/h4-5,8-9,13H,6-7H2,1-3H3. The normalized spacial score (nSPS) is 14.8. The average molecular weight is 340 g/mol. The molecule has 1 aromatic heterocycles. The molecule has 0 amide bonds. The summed E-state index contributed by atoms with van der Waals surface area (Å²) < 4.78 is 27.4. The number of rotatable bonds is 5. The Labute approximate surface area is 116 Å². The Balaban J connectivity index is 2.88. The van der Waals surface area contributed by atoms with E-state index in [1.807, 2.05) is 20.8 Å². The zero-order valence-electron chi connectivity index (χ0n) is 10.2. The van der Waals surface area contributed by atoms with Gasteiger partial charge < -0.3 is 0 Å². The van der Waals surface area contributed by atoms with Gasteiger partial charge in [-0.05, 0) is 23.3 Å². The van der Waals surface area contributed by atoms with Gasteiger partial charge in [-0.1, -0.05) is 42.8 Å². The van der Waals surface area contributed by atoms with Gasteiger partial charge in [-0.15, -0.1) is 11.3 Å². The summed E-state index contributed by atoms with van der Waals surface area (Å²) in [5, 5.41) is 2.55. The van der Waals surface area contributed by atoms with Crippen LogP contribution in [0.3, 0.4) is 0 Å². The fraction of sp³-hybridized carbons (Fsp3) is 0.636. The van der Waals surface area contributed by atoms with Crippen LogP contribution < -0.4 is 4.72 Å². The number of thiophene rings is 1. The average Bonchev–Trinajstić information content (AvgIpc) is 2.68. The third kappa shape index (κ3) is 4.35. The van der Waals surface area contributed by atoms with Gasteiger partial charge in [-0.3, -0.25) is 0 Å². The first-order chi connectivity index (χ1) is 7.77. The molecule has 0 aliphatic heterocycles. The summed E-state index contributed by atoms with van der Waals surface area (Å²) in [6, 6.07) is 3.30. The summed E-state index contributed by atoms with van der Waals surface area (Å²) in [4.78, 5) is 0. The molecule has 0 aliphatic carbocycles. The SMILES string of the molecule is CC(C)(C)C(CCBr)NS(=O)(=O)c1cccs1. The third-order valence-corrected chi connectivity index (χ3v) is 5.83. The molecule has 0 fully saturated rings. The molecule has 0 spiro atoms. The number of alkyl halides is 1. The van der Waals surface area contributed by atoms with Gasteiger partial charge in [0.15, 0.2) is 0 Å². The van der Waals surface area contributed by atoms with E-state index in [9.17, 15) is 8.42 Å². The van der Waals surface area contributed by atoms with Gasteiger partial charge in [0.25, 0.3) is 0 Å². The minimum Gasteiger partial charge on any atom is -0.207 e. The number of hydrogen-bond donors (Lipinski definition) is 1. The molecule has 3 nitrogen and oxygen atoms in total. The van der Waals surface area contributed by atoms with Gasteiger partial charge in [-0.2, -0.15) is 0 Å². The highest BCUT2D eigenvalue weighted by atomic mass is 79.9. The van der Waals surface area contributed by atoms with Crippen molar-refractivity contribution in [3.05, 3.63) is 17.5 Å². The van der Waals surface area contributed by atoms with E-state index in [-0.39, 0.29) is 11.5 Å². The van der Waals surface area contributed by atoms with Crippen molar-refractivity contribution in [1.29, 1.82) is 0 Å². The van der Waals surface area contributed by atoms with Crippen molar-refractivity contribution in [2.75, 3.05) is 5.33 Å². The molecule has 1 unspecified atom stereocenters. The van der Waals surface area contributed by atoms with Gasteiger partial charge in [-0.25, -0.2) is 13.1 Å². The third-order valence-electron chi connectivity index (χ3n) is 2.50. The molecular weight excluding hydrogens is 322 g/mol. The van der Waals surface area contributed by atoms with Gasteiger partial charge >= 0.3 is 0 Å². The second-order valence-corrected chi connectivity index (χ2v) is 8.63. The van der Waals surface area contributed by atoms with Crippen LogP contribution in [0.4, 0.5) is 0 Å². The summed E-state index contributed by atoms with van der Waals surface area (Å²) in [6.07, 6.45) is 0.772. The van der Waals surface area contributed by atoms with Gasteiger partial charge in [0.05, 0.1) is 0 Å². The van der Waals surface area contributed by atoms with Crippen LogP contribution in [0.2, 0.25) is 0 Å². The molecular formula is C11H18BrNO2S2. The number of nitrogens with one attached hydrogen (secondary N) is 1. The molecule has 1 N–H and O–H groups in total. The van der Waals surface area contributed by atoms with Gasteiger partial charge in [0, 0.05) is 11.4 Å². The Morgan fingerprint density at radius 2 is 2.12 bits per heavy atom. The zero-order chi connectivity index (χ0) is 13.1. The maximum atomic E-state index is 12.1. The first-order valence-corrected chi connectivity index (χ1v) is 8.87.